The Bertz CT molecular complexity index is 484. The van der Waals surface area contributed by atoms with Crippen molar-refractivity contribution < 1.29 is 27.5 Å². The van der Waals surface area contributed by atoms with E-state index in [1.165, 1.54) is 24.3 Å². The van der Waals surface area contributed by atoms with Crippen LogP contribution in [-0.4, -0.2) is 38.0 Å². The Labute approximate surface area is 124 Å². The zero-order chi connectivity index (χ0) is 15.3. The molecule has 116 valence electrons. The van der Waals surface area contributed by atoms with Gasteiger partial charge in [0.25, 0.3) is 0 Å². The third-order valence-corrected chi connectivity index (χ3v) is 2.93. The molecular formula is C13H13ClF3NO3. The fraction of sp³-hybridized carbons (Fsp3) is 0.462. The van der Waals surface area contributed by atoms with Gasteiger partial charge >= 0.3 is 6.18 Å². The van der Waals surface area contributed by atoms with Gasteiger partial charge in [-0.25, -0.2) is 0 Å². The molecule has 0 spiro atoms. The Morgan fingerprint density at radius 1 is 1.24 bits per heavy atom. The summed E-state index contributed by atoms with van der Waals surface area (Å²) in [7, 11) is 0. The summed E-state index contributed by atoms with van der Waals surface area (Å²) in [5.74, 6) is 0. The maximum atomic E-state index is 12.9. The first-order valence-electron chi connectivity index (χ1n) is 6.23. The van der Waals surface area contributed by atoms with E-state index in [2.05, 4.69) is 5.16 Å². The van der Waals surface area contributed by atoms with Crippen LogP contribution in [0.3, 0.4) is 0 Å². The molecule has 0 aromatic heterocycles. The molecule has 1 aliphatic heterocycles. The van der Waals surface area contributed by atoms with Crippen molar-refractivity contribution in [2.75, 3.05) is 19.8 Å². The van der Waals surface area contributed by atoms with Crippen LogP contribution in [0.1, 0.15) is 12.0 Å². The number of halogens is 4. The van der Waals surface area contributed by atoms with Gasteiger partial charge in [-0.05, 0) is 12.1 Å². The third kappa shape index (κ3) is 4.87. The molecule has 0 aliphatic carbocycles. The van der Waals surface area contributed by atoms with Crippen LogP contribution in [0.15, 0.2) is 29.4 Å². The average molecular weight is 324 g/mol. The molecule has 1 heterocycles. The number of benzene rings is 1. The predicted molar refractivity (Wildman–Crippen MR) is 70.3 cm³/mol. The van der Waals surface area contributed by atoms with Crippen LogP contribution in [0.5, 0.6) is 0 Å². The summed E-state index contributed by atoms with van der Waals surface area (Å²) in [6.45, 7) is 0.927. The maximum absolute atomic E-state index is 12.9. The van der Waals surface area contributed by atoms with E-state index in [9.17, 15) is 13.2 Å². The van der Waals surface area contributed by atoms with Crippen LogP contribution in [0.2, 0.25) is 5.02 Å². The van der Waals surface area contributed by atoms with Gasteiger partial charge in [0.15, 0.2) is 12.0 Å². The molecule has 0 atom stereocenters. The van der Waals surface area contributed by atoms with Gasteiger partial charge in [-0.15, -0.1) is 0 Å². The minimum Gasteiger partial charge on any atom is -0.395 e. The molecule has 8 heteroatoms. The maximum Gasteiger partial charge on any atom is 0.437 e. The van der Waals surface area contributed by atoms with Gasteiger partial charge in [0.05, 0.1) is 13.2 Å². The molecule has 0 radical (unpaired) electrons. The van der Waals surface area contributed by atoms with E-state index < -0.39 is 18.2 Å². The Morgan fingerprint density at radius 2 is 1.86 bits per heavy atom. The lowest BCUT2D eigenvalue weighted by Crippen LogP contribution is -2.24. The second kappa shape index (κ2) is 7.11. The SMILES string of the molecule is FC(F)(F)C(=NOCCC1OCCO1)c1ccc(Cl)cc1. The number of hydrogen-bond acceptors (Lipinski definition) is 4. The summed E-state index contributed by atoms with van der Waals surface area (Å²) in [4.78, 5) is 4.74. The predicted octanol–water partition coefficient (Wildman–Crippen LogP) is 3.39. The van der Waals surface area contributed by atoms with Gasteiger partial charge in [-0.3, -0.25) is 0 Å². The van der Waals surface area contributed by atoms with E-state index in [1.54, 1.807) is 0 Å². The first-order chi connectivity index (χ1) is 9.97. The summed E-state index contributed by atoms with van der Waals surface area (Å²) < 4.78 is 49.1. The number of nitrogens with zero attached hydrogens (tertiary/aromatic N) is 1. The highest BCUT2D eigenvalue weighted by atomic mass is 35.5. The van der Waals surface area contributed by atoms with E-state index >= 15 is 0 Å². The highest BCUT2D eigenvalue weighted by Crippen LogP contribution is 2.24. The van der Waals surface area contributed by atoms with Crippen molar-refractivity contribution in [3.8, 4) is 0 Å². The van der Waals surface area contributed by atoms with Gasteiger partial charge in [-0.1, -0.05) is 28.9 Å². The Morgan fingerprint density at radius 3 is 2.43 bits per heavy atom. The zero-order valence-electron chi connectivity index (χ0n) is 10.9. The molecule has 1 aromatic carbocycles. The molecule has 21 heavy (non-hydrogen) atoms. The van der Waals surface area contributed by atoms with Crippen molar-refractivity contribution in [2.45, 2.75) is 18.9 Å². The summed E-state index contributed by atoms with van der Waals surface area (Å²) >= 11 is 5.65. The standard InChI is InChI=1S/C13H13ClF3NO3/c14-10-3-1-9(2-4-10)12(13(15,16)17)18-21-6-5-11-19-7-8-20-11/h1-4,11H,5-8H2. The molecule has 0 unspecified atom stereocenters. The minimum atomic E-state index is -4.62. The Kier molecular flexibility index (Phi) is 5.44. The number of ether oxygens (including phenoxy) is 2. The van der Waals surface area contributed by atoms with Crippen molar-refractivity contribution in [1.82, 2.24) is 0 Å². The Balaban J connectivity index is 1.98. The molecular weight excluding hydrogens is 311 g/mol. The van der Waals surface area contributed by atoms with Crippen LogP contribution in [-0.2, 0) is 14.3 Å². The first kappa shape index (κ1) is 16.1. The molecule has 4 nitrogen and oxygen atoms in total. The number of oxime groups is 1. The van der Waals surface area contributed by atoms with Gasteiger partial charge in [0.1, 0.15) is 6.61 Å². The van der Waals surface area contributed by atoms with E-state index in [0.29, 0.717) is 24.7 Å². The van der Waals surface area contributed by atoms with E-state index in [1.807, 2.05) is 0 Å². The van der Waals surface area contributed by atoms with Crippen LogP contribution in [0.25, 0.3) is 0 Å². The van der Waals surface area contributed by atoms with Crippen molar-refractivity contribution in [1.29, 1.82) is 0 Å². The van der Waals surface area contributed by atoms with Crippen LogP contribution < -0.4 is 0 Å². The summed E-state index contributed by atoms with van der Waals surface area (Å²) in [5.41, 5.74) is -1.22. The lowest BCUT2D eigenvalue weighted by Gasteiger charge is -2.11. The normalized spacial score (nSPS) is 17.2. The number of rotatable bonds is 5. The fourth-order valence-electron chi connectivity index (χ4n) is 1.71. The molecule has 0 saturated carbocycles. The van der Waals surface area contributed by atoms with Gasteiger partial charge in [0.2, 0.25) is 0 Å². The fourth-order valence-corrected chi connectivity index (χ4v) is 1.83. The molecule has 0 N–H and O–H groups in total. The summed E-state index contributed by atoms with van der Waals surface area (Å²) in [5, 5.41) is 3.54. The van der Waals surface area contributed by atoms with Crippen LogP contribution in [0.4, 0.5) is 13.2 Å². The molecule has 1 aliphatic rings. The van der Waals surface area contributed by atoms with Gasteiger partial charge in [0, 0.05) is 17.0 Å². The van der Waals surface area contributed by atoms with Gasteiger partial charge in [-0.2, -0.15) is 13.2 Å². The molecule has 1 saturated heterocycles. The summed E-state index contributed by atoms with van der Waals surface area (Å²) in [6.07, 6.45) is -4.74. The van der Waals surface area contributed by atoms with Crippen molar-refractivity contribution in [2.24, 2.45) is 5.16 Å². The third-order valence-electron chi connectivity index (χ3n) is 2.68. The molecule has 2 rings (SSSR count). The number of hydrogen-bond donors (Lipinski definition) is 0. The quantitative estimate of drug-likeness (QED) is 0.474. The lowest BCUT2D eigenvalue weighted by molar-refractivity contribution is -0.0688. The second-order valence-electron chi connectivity index (χ2n) is 4.24. The highest BCUT2D eigenvalue weighted by Gasteiger charge is 2.37. The first-order valence-corrected chi connectivity index (χ1v) is 6.61. The van der Waals surface area contributed by atoms with Crippen molar-refractivity contribution in [3.63, 3.8) is 0 Å². The van der Waals surface area contributed by atoms with Gasteiger partial charge < -0.3 is 14.3 Å². The second-order valence-corrected chi connectivity index (χ2v) is 4.67. The largest absolute Gasteiger partial charge is 0.437 e. The minimum absolute atomic E-state index is 0.0299. The Hall–Kier alpha value is -1.31. The van der Waals surface area contributed by atoms with E-state index in [0.717, 1.165) is 0 Å². The highest BCUT2D eigenvalue weighted by molar-refractivity contribution is 6.30. The average Bonchev–Trinajstić information content (AvgIpc) is 2.92. The van der Waals surface area contributed by atoms with Crippen LogP contribution >= 0.6 is 11.6 Å². The molecule has 0 amide bonds. The zero-order valence-corrected chi connectivity index (χ0v) is 11.7. The van der Waals surface area contributed by atoms with Crippen LogP contribution in [0, 0.1) is 0 Å². The number of alkyl halides is 3. The monoisotopic (exact) mass is 323 g/mol. The van der Waals surface area contributed by atoms with E-state index in [-0.39, 0.29) is 12.2 Å². The molecule has 1 aromatic rings. The van der Waals surface area contributed by atoms with Crippen molar-refractivity contribution in [3.05, 3.63) is 34.9 Å². The lowest BCUT2D eigenvalue weighted by atomic mass is 10.1. The molecule has 0 bridgehead atoms. The smallest absolute Gasteiger partial charge is 0.395 e. The molecule has 1 fully saturated rings. The van der Waals surface area contributed by atoms with E-state index in [4.69, 9.17) is 25.9 Å². The van der Waals surface area contributed by atoms with Crippen molar-refractivity contribution >= 4 is 17.3 Å². The summed E-state index contributed by atoms with van der Waals surface area (Å²) in [6, 6.07) is 5.19. The topological polar surface area (TPSA) is 40.0 Å².